The molecule has 4 heteroatoms. The van der Waals surface area contributed by atoms with Crippen LogP contribution < -0.4 is 5.32 Å². The Labute approximate surface area is 136 Å². The molecule has 0 saturated carbocycles. The van der Waals surface area contributed by atoms with Crippen LogP contribution in [0.3, 0.4) is 0 Å². The molecule has 1 heterocycles. The van der Waals surface area contributed by atoms with Crippen LogP contribution in [0.2, 0.25) is 0 Å². The molecule has 0 aromatic heterocycles. The lowest BCUT2D eigenvalue weighted by Gasteiger charge is -2.34. The smallest absolute Gasteiger partial charge is 0.227 e. The Morgan fingerprint density at radius 2 is 2.00 bits per heavy atom. The molecule has 0 radical (unpaired) electrons. The minimum absolute atomic E-state index is 0.121. The standard InChI is InChI=1S/C19H22N2O2/c22-18-10-4-6-15(12-18)13-19(23)21-11-5-9-17(14-21)20-16-7-2-1-3-8-16/h1-4,6-8,10,12,17,20,22H,5,9,11,13-14H2/t17-/m0/s1. The third kappa shape index (κ3) is 4.25. The number of piperidine rings is 1. The van der Waals surface area contributed by atoms with Gasteiger partial charge in [-0.25, -0.2) is 0 Å². The maximum Gasteiger partial charge on any atom is 0.227 e. The fourth-order valence-corrected chi connectivity index (χ4v) is 3.04. The molecule has 1 aliphatic heterocycles. The van der Waals surface area contributed by atoms with Gasteiger partial charge in [-0.2, -0.15) is 0 Å². The van der Waals surface area contributed by atoms with Crippen LogP contribution in [0.25, 0.3) is 0 Å². The summed E-state index contributed by atoms with van der Waals surface area (Å²) in [6.07, 6.45) is 2.42. The van der Waals surface area contributed by atoms with Crippen LogP contribution in [-0.2, 0) is 11.2 Å². The zero-order valence-electron chi connectivity index (χ0n) is 13.1. The summed E-state index contributed by atoms with van der Waals surface area (Å²) < 4.78 is 0. The normalized spacial score (nSPS) is 17.7. The van der Waals surface area contributed by atoms with Crippen molar-refractivity contribution in [2.75, 3.05) is 18.4 Å². The Morgan fingerprint density at radius 1 is 1.17 bits per heavy atom. The predicted octanol–water partition coefficient (Wildman–Crippen LogP) is 3.04. The van der Waals surface area contributed by atoms with E-state index in [0.717, 1.165) is 37.2 Å². The summed E-state index contributed by atoms with van der Waals surface area (Å²) in [5.74, 6) is 0.327. The van der Waals surface area contributed by atoms with Crippen LogP contribution in [0, 0.1) is 0 Å². The van der Waals surface area contributed by atoms with E-state index < -0.39 is 0 Å². The van der Waals surface area contributed by atoms with Gasteiger partial charge in [-0.3, -0.25) is 4.79 Å². The number of likely N-dealkylation sites (tertiary alicyclic amines) is 1. The number of para-hydroxylation sites is 1. The minimum atomic E-state index is 0.121. The second kappa shape index (κ2) is 7.18. The van der Waals surface area contributed by atoms with E-state index in [1.807, 2.05) is 41.3 Å². The van der Waals surface area contributed by atoms with E-state index in [9.17, 15) is 9.90 Å². The zero-order chi connectivity index (χ0) is 16.1. The van der Waals surface area contributed by atoms with E-state index in [2.05, 4.69) is 5.32 Å². The number of benzene rings is 2. The van der Waals surface area contributed by atoms with Crippen molar-refractivity contribution >= 4 is 11.6 Å². The van der Waals surface area contributed by atoms with Crippen LogP contribution in [0.15, 0.2) is 54.6 Å². The molecule has 120 valence electrons. The van der Waals surface area contributed by atoms with E-state index in [4.69, 9.17) is 0 Å². The lowest BCUT2D eigenvalue weighted by Crippen LogP contribution is -2.45. The average Bonchev–Trinajstić information content (AvgIpc) is 2.56. The van der Waals surface area contributed by atoms with Gasteiger partial charge in [0.15, 0.2) is 0 Å². The summed E-state index contributed by atoms with van der Waals surface area (Å²) in [6, 6.07) is 17.3. The maximum atomic E-state index is 12.5. The second-order valence-electron chi connectivity index (χ2n) is 6.04. The van der Waals surface area contributed by atoms with E-state index >= 15 is 0 Å². The van der Waals surface area contributed by atoms with Gasteiger partial charge in [0.1, 0.15) is 5.75 Å². The van der Waals surface area contributed by atoms with E-state index in [-0.39, 0.29) is 11.7 Å². The Morgan fingerprint density at radius 3 is 2.78 bits per heavy atom. The minimum Gasteiger partial charge on any atom is -0.508 e. The number of rotatable bonds is 4. The molecule has 0 aliphatic carbocycles. The molecule has 1 fully saturated rings. The van der Waals surface area contributed by atoms with Gasteiger partial charge in [0.25, 0.3) is 0 Å². The summed E-state index contributed by atoms with van der Waals surface area (Å²) >= 11 is 0. The number of hydrogen-bond donors (Lipinski definition) is 2. The van der Waals surface area contributed by atoms with Crippen LogP contribution >= 0.6 is 0 Å². The maximum absolute atomic E-state index is 12.5. The van der Waals surface area contributed by atoms with Crippen molar-refractivity contribution in [3.05, 3.63) is 60.2 Å². The molecule has 1 amide bonds. The van der Waals surface area contributed by atoms with Gasteiger partial charge in [-0.1, -0.05) is 30.3 Å². The highest BCUT2D eigenvalue weighted by molar-refractivity contribution is 5.79. The molecule has 0 bridgehead atoms. The topological polar surface area (TPSA) is 52.6 Å². The molecule has 3 rings (SSSR count). The average molecular weight is 310 g/mol. The SMILES string of the molecule is O=C(Cc1cccc(O)c1)N1CCC[C@H](Nc2ccccc2)C1. The molecule has 2 aromatic carbocycles. The Bertz CT molecular complexity index is 657. The number of aromatic hydroxyl groups is 1. The van der Waals surface area contributed by atoms with Crippen molar-refractivity contribution in [1.29, 1.82) is 0 Å². The Kier molecular flexibility index (Phi) is 4.81. The summed E-state index contributed by atoms with van der Waals surface area (Å²) in [6.45, 7) is 1.54. The molecule has 1 aliphatic rings. The van der Waals surface area contributed by atoms with Gasteiger partial charge in [-0.05, 0) is 42.7 Å². The van der Waals surface area contributed by atoms with E-state index in [1.165, 1.54) is 0 Å². The molecule has 1 atom stereocenters. The number of anilines is 1. The summed E-state index contributed by atoms with van der Waals surface area (Å²) in [5.41, 5.74) is 1.95. The first-order valence-corrected chi connectivity index (χ1v) is 8.08. The van der Waals surface area contributed by atoms with Crippen LogP contribution in [0.1, 0.15) is 18.4 Å². The number of phenolic OH excluding ortho intramolecular Hbond substituents is 1. The lowest BCUT2D eigenvalue weighted by molar-refractivity contribution is -0.131. The molecule has 4 nitrogen and oxygen atoms in total. The van der Waals surface area contributed by atoms with Gasteiger partial charge in [0, 0.05) is 24.8 Å². The van der Waals surface area contributed by atoms with Crippen molar-refractivity contribution in [2.24, 2.45) is 0 Å². The summed E-state index contributed by atoms with van der Waals surface area (Å²) in [5, 5.41) is 13.0. The number of phenols is 1. The van der Waals surface area contributed by atoms with Crippen molar-refractivity contribution in [2.45, 2.75) is 25.3 Å². The Balaban J connectivity index is 1.58. The van der Waals surface area contributed by atoms with Gasteiger partial charge < -0.3 is 15.3 Å². The summed E-state index contributed by atoms with van der Waals surface area (Å²) in [4.78, 5) is 14.4. The number of nitrogens with one attached hydrogen (secondary N) is 1. The third-order valence-electron chi connectivity index (χ3n) is 4.18. The van der Waals surface area contributed by atoms with Gasteiger partial charge in [-0.15, -0.1) is 0 Å². The highest BCUT2D eigenvalue weighted by Crippen LogP contribution is 2.18. The fraction of sp³-hybridized carbons (Fsp3) is 0.316. The largest absolute Gasteiger partial charge is 0.508 e. The summed E-state index contributed by atoms with van der Waals surface area (Å²) in [7, 11) is 0. The lowest BCUT2D eigenvalue weighted by atomic mass is 10.0. The van der Waals surface area contributed by atoms with Crippen LogP contribution in [0.4, 0.5) is 5.69 Å². The highest BCUT2D eigenvalue weighted by Gasteiger charge is 2.23. The molecule has 0 spiro atoms. The Hall–Kier alpha value is -2.49. The molecule has 0 unspecified atom stereocenters. The molecule has 1 saturated heterocycles. The molecular weight excluding hydrogens is 288 g/mol. The zero-order valence-corrected chi connectivity index (χ0v) is 13.1. The first-order chi connectivity index (χ1) is 11.2. The first kappa shape index (κ1) is 15.4. The molecule has 2 N–H and O–H groups in total. The quantitative estimate of drug-likeness (QED) is 0.912. The van der Waals surface area contributed by atoms with Crippen molar-refractivity contribution in [3.63, 3.8) is 0 Å². The second-order valence-corrected chi connectivity index (χ2v) is 6.04. The number of carbonyl (C=O) groups excluding carboxylic acids is 1. The van der Waals surface area contributed by atoms with E-state index in [0.29, 0.717) is 12.5 Å². The monoisotopic (exact) mass is 310 g/mol. The van der Waals surface area contributed by atoms with Gasteiger partial charge in [0.05, 0.1) is 6.42 Å². The highest BCUT2D eigenvalue weighted by atomic mass is 16.3. The van der Waals surface area contributed by atoms with Crippen LogP contribution in [0.5, 0.6) is 5.75 Å². The number of amides is 1. The van der Waals surface area contributed by atoms with Crippen molar-refractivity contribution in [3.8, 4) is 5.75 Å². The van der Waals surface area contributed by atoms with Crippen molar-refractivity contribution < 1.29 is 9.90 Å². The fourth-order valence-electron chi connectivity index (χ4n) is 3.04. The van der Waals surface area contributed by atoms with Crippen molar-refractivity contribution in [1.82, 2.24) is 4.90 Å². The predicted molar refractivity (Wildman–Crippen MR) is 91.5 cm³/mol. The molecule has 2 aromatic rings. The van der Waals surface area contributed by atoms with E-state index in [1.54, 1.807) is 18.2 Å². The number of nitrogens with zero attached hydrogens (tertiary/aromatic N) is 1. The molecule has 23 heavy (non-hydrogen) atoms. The molecular formula is C19H22N2O2. The third-order valence-corrected chi connectivity index (χ3v) is 4.18. The van der Waals surface area contributed by atoms with Crippen LogP contribution in [-0.4, -0.2) is 35.0 Å². The number of hydrogen-bond acceptors (Lipinski definition) is 3. The van der Waals surface area contributed by atoms with Gasteiger partial charge >= 0.3 is 0 Å². The first-order valence-electron chi connectivity index (χ1n) is 8.08. The number of carbonyl (C=O) groups is 1. The van der Waals surface area contributed by atoms with Gasteiger partial charge in [0.2, 0.25) is 5.91 Å².